The van der Waals surface area contributed by atoms with Crippen LogP contribution in [0.1, 0.15) is 12.6 Å². The molecule has 0 aliphatic heterocycles. The average molecular weight is 227 g/mol. The Balaban J connectivity index is 2.56. The maximum absolute atomic E-state index is 5.46. The van der Waals surface area contributed by atoms with Crippen molar-refractivity contribution in [1.29, 1.82) is 0 Å². The monoisotopic (exact) mass is 227 g/mol. The Morgan fingerprint density at radius 3 is 2.80 bits per heavy atom. The molecule has 0 radical (unpaired) electrons. The van der Waals surface area contributed by atoms with Crippen molar-refractivity contribution < 1.29 is 9.47 Å². The van der Waals surface area contributed by atoms with E-state index in [0.29, 0.717) is 31.4 Å². The van der Waals surface area contributed by atoms with Crippen LogP contribution in [0.3, 0.4) is 0 Å². The zero-order chi connectivity index (χ0) is 11.1. The number of nitrogens with two attached hydrogens (primary N) is 1. The standard InChI is InChI=1S/C9H13N3O2S/c1-2-13-5-6-14-9-7(8(10)15)11-3-4-12-9/h3-4H,2,5-6H2,1H3,(H2,10,15). The van der Waals surface area contributed by atoms with E-state index < -0.39 is 0 Å². The molecule has 0 fully saturated rings. The quantitative estimate of drug-likeness (QED) is 0.564. The van der Waals surface area contributed by atoms with Crippen LogP contribution in [-0.4, -0.2) is 34.8 Å². The summed E-state index contributed by atoms with van der Waals surface area (Å²) in [7, 11) is 0. The third-order valence-electron chi connectivity index (χ3n) is 1.57. The van der Waals surface area contributed by atoms with Crippen molar-refractivity contribution in [2.45, 2.75) is 6.92 Å². The predicted molar refractivity (Wildman–Crippen MR) is 59.9 cm³/mol. The van der Waals surface area contributed by atoms with Crippen LogP contribution in [0.4, 0.5) is 0 Å². The summed E-state index contributed by atoms with van der Waals surface area (Å²) in [5.41, 5.74) is 5.87. The van der Waals surface area contributed by atoms with Crippen molar-refractivity contribution >= 4 is 17.2 Å². The molecule has 82 valence electrons. The third kappa shape index (κ3) is 3.77. The van der Waals surface area contributed by atoms with Crippen molar-refractivity contribution in [3.63, 3.8) is 0 Å². The molecule has 0 unspecified atom stereocenters. The Kier molecular flexibility index (Phi) is 4.92. The van der Waals surface area contributed by atoms with Crippen LogP contribution in [0.2, 0.25) is 0 Å². The molecule has 2 N–H and O–H groups in total. The third-order valence-corrected chi connectivity index (χ3v) is 1.76. The molecule has 5 nitrogen and oxygen atoms in total. The second-order valence-electron chi connectivity index (χ2n) is 2.62. The van der Waals surface area contributed by atoms with Crippen molar-refractivity contribution in [3.05, 3.63) is 18.1 Å². The average Bonchev–Trinajstić information content (AvgIpc) is 2.25. The number of aromatic nitrogens is 2. The highest BCUT2D eigenvalue weighted by Crippen LogP contribution is 2.10. The van der Waals surface area contributed by atoms with Gasteiger partial charge < -0.3 is 15.2 Å². The van der Waals surface area contributed by atoms with Gasteiger partial charge in [-0.1, -0.05) is 12.2 Å². The van der Waals surface area contributed by atoms with E-state index in [1.165, 1.54) is 12.4 Å². The normalized spacial score (nSPS) is 9.93. The van der Waals surface area contributed by atoms with Crippen LogP contribution >= 0.6 is 12.2 Å². The van der Waals surface area contributed by atoms with Crippen LogP contribution in [0.25, 0.3) is 0 Å². The molecule has 0 saturated carbocycles. The largest absolute Gasteiger partial charge is 0.474 e. The van der Waals surface area contributed by atoms with Crippen LogP contribution in [-0.2, 0) is 4.74 Å². The Bertz CT molecular complexity index is 333. The van der Waals surface area contributed by atoms with Gasteiger partial charge in [-0.25, -0.2) is 9.97 Å². The van der Waals surface area contributed by atoms with E-state index in [1.54, 1.807) is 0 Å². The summed E-state index contributed by atoms with van der Waals surface area (Å²) in [6.07, 6.45) is 3.04. The summed E-state index contributed by atoms with van der Waals surface area (Å²) < 4.78 is 10.5. The molecule has 1 rings (SSSR count). The van der Waals surface area contributed by atoms with Gasteiger partial charge in [0.2, 0.25) is 5.88 Å². The Labute approximate surface area is 93.6 Å². The van der Waals surface area contributed by atoms with E-state index in [9.17, 15) is 0 Å². The number of nitrogens with zero attached hydrogens (tertiary/aromatic N) is 2. The first-order valence-electron chi connectivity index (χ1n) is 4.57. The van der Waals surface area contributed by atoms with E-state index in [4.69, 9.17) is 27.4 Å². The molecule has 1 aromatic rings. The van der Waals surface area contributed by atoms with Gasteiger partial charge >= 0.3 is 0 Å². The fraction of sp³-hybridized carbons (Fsp3) is 0.444. The minimum Gasteiger partial charge on any atom is -0.474 e. The zero-order valence-electron chi connectivity index (χ0n) is 8.47. The fourth-order valence-electron chi connectivity index (χ4n) is 0.942. The molecule has 0 aliphatic rings. The van der Waals surface area contributed by atoms with E-state index in [1.807, 2.05) is 6.92 Å². The molecule has 15 heavy (non-hydrogen) atoms. The lowest BCUT2D eigenvalue weighted by atomic mass is 10.4. The van der Waals surface area contributed by atoms with Crippen LogP contribution in [0.15, 0.2) is 12.4 Å². The molecule has 0 atom stereocenters. The van der Waals surface area contributed by atoms with Gasteiger partial charge in [0.05, 0.1) is 6.61 Å². The van der Waals surface area contributed by atoms with Crippen molar-refractivity contribution in [2.24, 2.45) is 5.73 Å². The zero-order valence-corrected chi connectivity index (χ0v) is 9.29. The molecule has 0 bridgehead atoms. The second-order valence-corrected chi connectivity index (χ2v) is 3.06. The lowest BCUT2D eigenvalue weighted by molar-refractivity contribution is 0.108. The molecule has 0 aliphatic carbocycles. The van der Waals surface area contributed by atoms with Crippen LogP contribution in [0.5, 0.6) is 5.88 Å². The summed E-state index contributed by atoms with van der Waals surface area (Å²) in [5.74, 6) is 0.352. The summed E-state index contributed by atoms with van der Waals surface area (Å²) >= 11 is 4.82. The van der Waals surface area contributed by atoms with Gasteiger partial charge in [-0.3, -0.25) is 0 Å². The Hall–Kier alpha value is -1.27. The molecule has 0 amide bonds. The van der Waals surface area contributed by atoms with Crippen molar-refractivity contribution in [2.75, 3.05) is 19.8 Å². The smallest absolute Gasteiger partial charge is 0.243 e. The molecular weight excluding hydrogens is 214 g/mol. The van der Waals surface area contributed by atoms with Crippen molar-refractivity contribution in [1.82, 2.24) is 9.97 Å². The number of hydrogen-bond acceptors (Lipinski definition) is 5. The Morgan fingerprint density at radius 1 is 1.40 bits per heavy atom. The number of thiocarbonyl (C=S) groups is 1. The number of ether oxygens (including phenoxy) is 2. The first-order chi connectivity index (χ1) is 7.25. The van der Waals surface area contributed by atoms with Gasteiger partial charge in [0.1, 0.15) is 11.6 Å². The van der Waals surface area contributed by atoms with Crippen LogP contribution in [0, 0.1) is 0 Å². The second kappa shape index (κ2) is 6.26. The topological polar surface area (TPSA) is 70.3 Å². The van der Waals surface area contributed by atoms with E-state index in [0.717, 1.165) is 0 Å². The maximum Gasteiger partial charge on any atom is 0.243 e. The lowest BCUT2D eigenvalue weighted by Crippen LogP contribution is -2.16. The van der Waals surface area contributed by atoms with E-state index in [-0.39, 0.29) is 4.99 Å². The predicted octanol–water partition coefficient (Wildman–Crippen LogP) is 0.526. The molecule has 1 aromatic heterocycles. The van der Waals surface area contributed by atoms with Crippen LogP contribution < -0.4 is 10.5 Å². The molecule has 6 heteroatoms. The van der Waals surface area contributed by atoms with Gasteiger partial charge in [-0.05, 0) is 6.92 Å². The molecule has 1 heterocycles. The molecule has 0 aromatic carbocycles. The van der Waals surface area contributed by atoms with Gasteiger partial charge in [0.15, 0.2) is 5.69 Å². The summed E-state index contributed by atoms with van der Waals surface area (Å²) in [6.45, 7) is 3.49. The maximum atomic E-state index is 5.46. The van der Waals surface area contributed by atoms with E-state index >= 15 is 0 Å². The first kappa shape index (κ1) is 11.8. The molecule has 0 spiro atoms. The van der Waals surface area contributed by atoms with Gasteiger partial charge in [-0.2, -0.15) is 0 Å². The van der Waals surface area contributed by atoms with Crippen molar-refractivity contribution in [3.8, 4) is 5.88 Å². The van der Waals surface area contributed by atoms with Gasteiger partial charge in [0, 0.05) is 19.0 Å². The minimum absolute atomic E-state index is 0.175. The number of hydrogen-bond donors (Lipinski definition) is 1. The highest BCUT2D eigenvalue weighted by atomic mass is 32.1. The van der Waals surface area contributed by atoms with Gasteiger partial charge in [-0.15, -0.1) is 0 Å². The highest BCUT2D eigenvalue weighted by molar-refractivity contribution is 7.80. The molecule has 0 saturated heterocycles. The van der Waals surface area contributed by atoms with E-state index in [2.05, 4.69) is 9.97 Å². The minimum atomic E-state index is 0.175. The summed E-state index contributed by atoms with van der Waals surface area (Å²) in [6, 6.07) is 0. The molecular formula is C9H13N3O2S. The summed E-state index contributed by atoms with van der Waals surface area (Å²) in [4.78, 5) is 8.15. The Morgan fingerprint density at radius 2 is 2.13 bits per heavy atom. The highest BCUT2D eigenvalue weighted by Gasteiger charge is 2.08. The summed E-state index contributed by atoms with van der Waals surface area (Å²) in [5, 5.41) is 0. The number of rotatable bonds is 6. The fourth-order valence-corrected chi connectivity index (χ4v) is 1.08. The van der Waals surface area contributed by atoms with Gasteiger partial charge in [0.25, 0.3) is 0 Å². The SMILES string of the molecule is CCOCCOc1nccnc1C(N)=S. The first-order valence-corrected chi connectivity index (χ1v) is 4.98. The lowest BCUT2D eigenvalue weighted by Gasteiger charge is -2.07.